The second kappa shape index (κ2) is 24.6. The third-order valence-corrected chi connectivity index (χ3v) is 14.4. The van der Waals surface area contributed by atoms with Gasteiger partial charge in [0.05, 0.1) is 32.0 Å². The quantitative estimate of drug-likeness (QED) is 0.0400. The Kier molecular flexibility index (Phi) is 21.4. The third-order valence-electron chi connectivity index (χ3n) is 9.96. The molecule has 0 saturated carbocycles. The van der Waals surface area contributed by atoms with Crippen molar-refractivity contribution in [3.05, 3.63) is 59.2 Å². The molecule has 0 aliphatic rings. The highest BCUT2D eigenvalue weighted by Crippen LogP contribution is 2.38. The van der Waals surface area contributed by atoms with E-state index in [1.165, 1.54) is 89.9 Å². The molecule has 2 aromatic rings. The molecule has 0 radical (unpaired) electrons. The van der Waals surface area contributed by atoms with Crippen molar-refractivity contribution in [1.29, 1.82) is 0 Å². The highest BCUT2D eigenvalue weighted by Gasteiger charge is 2.37. The third kappa shape index (κ3) is 17.1. The SMILES string of the molecule is CCCCCCCCCCOc1ccc(C=C(CO[Si](C)(C)C(C)(C)C)c2cccc(C(=O)OCC)c2)cc1OCCCCCCCCCC. The largest absolute Gasteiger partial charge is 0.490 e. The maximum atomic E-state index is 12.6. The first-order valence-corrected chi connectivity index (χ1v) is 22.9. The van der Waals surface area contributed by atoms with Crippen LogP contribution in [0.3, 0.4) is 0 Å². The zero-order chi connectivity index (χ0) is 36.7. The Morgan fingerprint density at radius 2 is 1.18 bits per heavy atom. The molecule has 0 bridgehead atoms. The van der Waals surface area contributed by atoms with Gasteiger partial charge in [-0.3, -0.25) is 0 Å². The van der Waals surface area contributed by atoms with Crippen LogP contribution in [-0.4, -0.2) is 40.7 Å². The number of benzene rings is 2. The number of carbonyl (C=O) groups excluding carboxylic acids is 1. The van der Waals surface area contributed by atoms with Crippen LogP contribution in [0.15, 0.2) is 42.5 Å². The zero-order valence-electron chi connectivity index (χ0n) is 33.3. The molecule has 0 amide bonds. The monoisotopic (exact) mass is 709 g/mol. The number of hydrogen-bond acceptors (Lipinski definition) is 5. The molecular weight excluding hydrogens is 637 g/mol. The Bertz CT molecular complexity index is 1250. The van der Waals surface area contributed by atoms with Gasteiger partial charge < -0.3 is 18.6 Å². The van der Waals surface area contributed by atoms with Gasteiger partial charge >= 0.3 is 5.97 Å². The fourth-order valence-electron chi connectivity index (χ4n) is 5.63. The highest BCUT2D eigenvalue weighted by molar-refractivity contribution is 6.74. The second-order valence-corrected chi connectivity index (χ2v) is 20.2. The topological polar surface area (TPSA) is 54.0 Å². The Morgan fingerprint density at radius 3 is 1.72 bits per heavy atom. The Morgan fingerprint density at radius 1 is 0.660 bits per heavy atom. The molecule has 50 heavy (non-hydrogen) atoms. The summed E-state index contributed by atoms with van der Waals surface area (Å²) < 4.78 is 24.8. The number of carbonyl (C=O) groups is 1. The zero-order valence-corrected chi connectivity index (χ0v) is 34.3. The van der Waals surface area contributed by atoms with Crippen LogP contribution in [-0.2, 0) is 9.16 Å². The molecule has 5 nitrogen and oxygen atoms in total. The molecule has 0 heterocycles. The smallest absolute Gasteiger partial charge is 0.338 e. The summed E-state index contributed by atoms with van der Waals surface area (Å²) in [6.45, 7) is 19.9. The molecule has 0 unspecified atom stereocenters. The van der Waals surface area contributed by atoms with Crippen LogP contribution in [0.5, 0.6) is 11.5 Å². The van der Waals surface area contributed by atoms with E-state index in [1.807, 2.05) is 31.2 Å². The van der Waals surface area contributed by atoms with E-state index >= 15 is 0 Å². The van der Waals surface area contributed by atoms with Crippen LogP contribution < -0.4 is 9.47 Å². The second-order valence-electron chi connectivity index (χ2n) is 15.4. The average Bonchev–Trinajstić information content (AvgIpc) is 3.09. The first kappa shape index (κ1) is 43.6. The molecule has 0 saturated heterocycles. The molecule has 282 valence electrons. The first-order valence-electron chi connectivity index (χ1n) is 20.0. The number of hydrogen-bond donors (Lipinski definition) is 0. The molecule has 2 aromatic carbocycles. The minimum absolute atomic E-state index is 0.0788. The molecule has 2 rings (SSSR count). The normalized spacial score (nSPS) is 12.3. The summed E-state index contributed by atoms with van der Waals surface area (Å²) in [6.07, 6.45) is 22.5. The maximum absolute atomic E-state index is 12.6. The van der Waals surface area contributed by atoms with E-state index in [4.69, 9.17) is 18.6 Å². The lowest BCUT2D eigenvalue weighted by atomic mass is 10.0. The summed E-state index contributed by atoms with van der Waals surface area (Å²) in [4.78, 5) is 12.6. The van der Waals surface area contributed by atoms with Gasteiger partial charge in [0.2, 0.25) is 0 Å². The van der Waals surface area contributed by atoms with Crippen molar-refractivity contribution in [3.63, 3.8) is 0 Å². The molecule has 0 aliphatic heterocycles. The van der Waals surface area contributed by atoms with Gasteiger partial charge in [-0.15, -0.1) is 0 Å². The lowest BCUT2D eigenvalue weighted by molar-refractivity contribution is 0.0526. The van der Waals surface area contributed by atoms with E-state index < -0.39 is 8.32 Å². The lowest BCUT2D eigenvalue weighted by Gasteiger charge is -2.36. The highest BCUT2D eigenvalue weighted by atomic mass is 28.4. The van der Waals surface area contributed by atoms with E-state index in [0.29, 0.717) is 32.0 Å². The van der Waals surface area contributed by atoms with Crippen LogP contribution in [0.25, 0.3) is 11.6 Å². The molecule has 0 spiro atoms. The summed E-state index contributed by atoms with van der Waals surface area (Å²) >= 11 is 0. The van der Waals surface area contributed by atoms with Crippen molar-refractivity contribution in [2.45, 2.75) is 162 Å². The minimum atomic E-state index is -2.04. The minimum Gasteiger partial charge on any atom is -0.490 e. The van der Waals surface area contributed by atoms with Crippen molar-refractivity contribution >= 4 is 25.9 Å². The van der Waals surface area contributed by atoms with E-state index in [2.05, 4.69) is 72.0 Å². The fourth-order valence-corrected chi connectivity index (χ4v) is 6.58. The van der Waals surface area contributed by atoms with Gasteiger partial charge in [0, 0.05) is 0 Å². The molecule has 0 aromatic heterocycles. The van der Waals surface area contributed by atoms with E-state index in [9.17, 15) is 4.79 Å². The fraction of sp³-hybridized carbons (Fsp3) is 0.659. The Labute approximate surface area is 308 Å². The van der Waals surface area contributed by atoms with Gasteiger partial charge in [-0.2, -0.15) is 0 Å². The van der Waals surface area contributed by atoms with Gasteiger partial charge in [0.15, 0.2) is 19.8 Å². The van der Waals surface area contributed by atoms with Crippen LogP contribution in [0.4, 0.5) is 0 Å². The van der Waals surface area contributed by atoms with Crippen LogP contribution in [0.1, 0.15) is 166 Å². The van der Waals surface area contributed by atoms with Crippen LogP contribution >= 0.6 is 0 Å². The number of rotatable bonds is 27. The molecule has 0 aliphatic carbocycles. The van der Waals surface area contributed by atoms with Crippen LogP contribution in [0.2, 0.25) is 18.1 Å². The maximum Gasteiger partial charge on any atom is 0.338 e. The van der Waals surface area contributed by atoms with E-state index in [0.717, 1.165) is 41.0 Å². The van der Waals surface area contributed by atoms with Gasteiger partial charge in [-0.05, 0) is 84.9 Å². The predicted molar refractivity (Wildman–Crippen MR) is 216 cm³/mol. The summed E-state index contributed by atoms with van der Waals surface area (Å²) in [5, 5.41) is 0.0788. The standard InChI is InChI=1S/C44H72O5Si/c1-9-12-14-16-18-20-22-24-31-47-41-30-29-37(34-42(41)48-32-25-23-21-19-17-15-13-10-2)33-40(36-49-50(7,8)44(4,5)6)38-27-26-28-39(35-38)43(45)46-11-3/h26-30,33-35H,9-25,31-32,36H2,1-8H3. The predicted octanol–water partition coefficient (Wildman–Crippen LogP) is 13.5. The molecule has 0 N–H and O–H groups in total. The number of esters is 1. The van der Waals surface area contributed by atoms with Gasteiger partial charge in [-0.25, -0.2) is 4.79 Å². The summed E-state index contributed by atoms with van der Waals surface area (Å²) in [6, 6.07) is 14.0. The lowest BCUT2D eigenvalue weighted by Crippen LogP contribution is -2.41. The van der Waals surface area contributed by atoms with Crippen LogP contribution in [0, 0.1) is 0 Å². The van der Waals surface area contributed by atoms with Gasteiger partial charge in [0.25, 0.3) is 0 Å². The first-order chi connectivity index (χ1) is 24.0. The van der Waals surface area contributed by atoms with Crippen molar-refractivity contribution in [3.8, 4) is 11.5 Å². The molecule has 6 heteroatoms. The van der Waals surface area contributed by atoms with Crippen molar-refractivity contribution in [1.82, 2.24) is 0 Å². The Hall–Kier alpha value is -2.57. The number of ether oxygens (including phenoxy) is 3. The van der Waals surface area contributed by atoms with Gasteiger partial charge in [-0.1, -0.05) is 143 Å². The molecule has 0 fully saturated rings. The number of unbranched alkanes of at least 4 members (excludes halogenated alkanes) is 14. The summed E-state index contributed by atoms with van der Waals surface area (Å²) in [5.74, 6) is 1.30. The molecular formula is C44H72O5Si. The van der Waals surface area contributed by atoms with Crippen molar-refractivity contribution < 1.29 is 23.4 Å². The Balaban J connectivity index is 2.27. The summed E-state index contributed by atoms with van der Waals surface area (Å²) in [7, 11) is -2.04. The van der Waals surface area contributed by atoms with E-state index in [-0.39, 0.29) is 11.0 Å². The van der Waals surface area contributed by atoms with Gasteiger partial charge in [0.1, 0.15) is 0 Å². The molecule has 0 atom stereocenters. The van der Waals surface area contributed by atoms with Crippen molar-refractivity contribution in [2.24, 2.45) is 0 Å². The summed E-state index contributed by atoms with van der Waals surface area (Å²) in [5.41, 5.74) is 3.53. The van der Waals surface area contributed by atoms with E-state index in [1.54, 1.807) is 0 Å². The average molecular weight is 709 g/mol. The van der Waals surface area contributed by atoms with Crippen molar-refractivity contribution in [2.75, 3.05) is 26.4 Å².